The van der Waals surface area contributed by atoms with Gasteiger partial charge in [-0.15, -0.1) is 11.8 Å². The number of thioether (sulfide) groups is 1. The van der Waals surface area contributed by atoms with Crippen molar-refractivity contribution in [1.82, 2.24) is 4.90 Å². The zero-order valence-corrected chi connectivity index (χ0v) is 12.0. The topological polar surface area (TPSA) is 78.8 Å². The molecule has 3 rings (SSSR count). The van der Waals surface area contributed by atoms with E-state index in [0.717, 1.165) is 4.90 Å². The van der Waals surface area contributed by atoms with E-state index in [-0.39, 0.29) is 0 Å². The lowest BCUT2D eigenvalue weighted by Gasteiger charge is -2.25. The maximum absolute atomic E-state index is 12.8. The van der Waals surface area contributed by atoms with E-state index in [1.807, 2.05) is 0 Å². The minimum Gasteiger partial charge on any atom is -0.325 e. The first-order chi connectivity index (χ1) is 10.5. The fourth-order valence-electron chi connectivity index (χ4n) is 2.05. The number of nitrogens with zero attached hydrogens (tertiary/aromatic N) is 2. The third-order valence-corrected chi connectivity index (χ3v) is 4.11. The van der Waals surface area contributed by atoms with E-state index in [4.69, 9.17) is 0 Å². The van der Waals surface area contributed by atoms with Crippen LogP contribution in [0.4, 0.5) is 14.9 Å². The van der Waals surface area contributed by atoms with E-state index in [9.17, 15) is 18.8 Å². The average molecular weight is 319 g/mol. The second-order valence-corrected chi connectivity index (χ2v) is 5.63. The van der Waals surface area contributed by atoms with Gasteiger partial charge >= 0.3 is 6.03 Å². The van der Waals surface area contributed by atoms with Crippen molar-refractivity contribution < 1.29 is 18.8 Å². The summed E-state index contributed by atoms with van der Waals surface area (Å²) in [6, 6.07) is 4.42. The molecule has 0 radical (unpaired) electrons. The zero-order valence-electron chi connectivity index (χ0n) is 11.2. The Morgan fingerprint density at radius 2 is 2.05 bits per heavy atom. The van der Waals surface area contributed by atoms with Crippen LogP contribution in [0.2, 0.25) is 0 Å². The first-order valence-corrected chi connectivity index (χ1v) is 7.30. The van der Waals surface area contributed by atoms with Crippen LogP contribution in [-0.4, -0.2) is 40.3 Å². The summed E-state index contributed by atoms with van der Waals surface area (Å²) in [5, 5.41) is 3.63. The number of imide groups is 1. The molecule has 0 fully saturated rings. The molecule has 112 valence electrons. The van der Waals surface area contributed by atoms with Crippen LogP contribution in [0, 0.1) is 5.82 Å². The third kappa shape index (κ3) is 2.77. The van der Waals surface area contributed by atoms with Gasteiger partial charge in [0.05, 0.1) is 5.71 Å². The van der Waals surface area contributed by atoms with Gasteiger partial charge in [0.2, 0.25) is 5.91 Å². The summed E-state index contributed by atoms with van der Waals surface area (Å²) in [6.07, 6.45) is 1.61. The molecule has 4 amide bonds. The second kappa shape index (κ2) is 5.72. The molecule has 0 aromatic heterocycles. The monoisotopic (exact) mass is 319 g/mol. The van der Waals surface area contributed by atoms with Gasteiger partial charge in [-0.25, -0.2) is 9.18 Å². The maximum atomic E-state index is 12.8. The fourth-order valence-corrected chi connectivity index (χ4v) is 2.94. The van der Waals surface area contributed by atoms with Crippen LogP contribution >= 0.6 is 11.8 Å². The van der Waals surface area contributed by atoms with E-state index in [0.29, 0.717) is 11.4 Å². The number of amides is 4. The molecule has 0 spiro atoms. The van der Waals surface area contributed by atoms with Crippen molar-refractivity contribution in [3.63, 3.8) is 0 Å². The number of benzene rings is 1. The highest BCUT2D eigenvalue weighted by atomic mass is 32.2. The molecule has 0 bridgehead atoms. The van der Waals surface area contributed by atoms with E-state index in [2.05, 4.69) is 10.3 Å². The molecule has 1 unspecified atom stereocenters. The first-order valence-electron chi connectivity index (χ1n) is 6.36. The van der Waals surface area contributed by atoms with Gasteiger partial charge in [0, 0.05) is 5.69 Å². The molecule has 0 saturated heterocycles. The van der Waals surface area contributed by atoms with Crippen molar-refractivity contribution in [2.24, 2.45) is 4.99 Å². The SMILES string of the molecule is O=C(CN1C(=O)N=C2C=CSC2C1=O)Nc1ccc(F)cc1. The number of aliphatic imine (C=N–C) groups is 1. The summed E-state index contributed by atoms with van der Waals surface area (Å²) in [5.41, 5.74) is 0.791. The van der Waals surface area contributed by atoms with E-state index in [1.54, 1.807) is 11.5 Å². The number of carbonyl (C=O) groups excluding carboxylic acids is 3. The largest absolute Gasteiger partial charge is 0.351 e. The van der Waals surface area contributed by atoms with Crippen LogP contribution in [0.3, 0.4) is 0 Å². The molecule has 1 aromatic carbocycles. The third-order valence-electron chi connectivity index (χ3n) is 3.10. The number of hydrogen-bond acceptors (Lipinski definition) is 4. The molecule has 8 heteroatoms. The van der Waals surface area contributed by atoms with E-state index in [1.165, 1.54) is 36.0 Å². The quantitative estimate of drug-likeness (QED) is 0.921. The highest BCUT2D eigenvalue weighted by Crippen LogP contribution is 2.27. The Kier molecular flexibility index (Phi) is 3.76. The van der Waals surface area contributed by atoms with Crippen LogP contribution in [0.1, 0.15) is 0 Å². The lowest BCUT2D eigenvalue weighted by molar-refractivity contribution is -0.130. The number of carbonyl (C=O) groups is 3. The summed E-state index contributed by atoms with van der Waals surface area (Å²) >= 11 is 1.24. The zero-order chi connectivity index (χ0) is 15.7. The lowest BCUT2D eigenvalue weighted by atomic mass is 10.2. The molecule has 0 saturated carbocycles. The van der Waals surface area contributed by atoms with Gasteiger partial charge in [-0.3, -0.25) is 14.5 Å². The number of fused-ring (bicyclic) bond motifs is 1. The molecule has 2 heterocycles. The predicted molar refractivity (Wildman–Crippen MR) is 80.1 cm³/mol. The molecule has 1 N–H and O–H groups in total. The Morgan fingerprint density at radius 1 is 1.32 bits per heavy atom. The van der Waals surface area contributed by atoms with Crippen LogP contribution in [-0.2, 0) is 9.59 Å². The van der Waals surface area contributed by atoms with Crippen molar-refractivity contribution in [2.45, 2.75) is 5.25 Å². The molecule has 1 atom stereocenters. The Morgan fingerprint density at radius 3 is 2.77 bits per heavy atom. The summed E-state index contributed by atoms with van der Waals surface area (Å²) < 4.78 is 12.8. The molecular weight excluding hydrogens is 309 g/mol. The summed E-state index contributed by atoms with van der Waals surface area (Å²) in [4.78, 5) is 40.5. The van der Waals surface area contributed by atoms with Gasteiger partial charge in [0.25, 0.3) is 5.91 Å². The Bertz CT molecular complexity index is 715. The van der Waals surface area contributed by atoms with Gasteiger partial charge < -0.3 is 5.32 Å². The molecule has 0 aliphatic carbocycles. The molecule has 1 aromatic rings. The summed E-state index contributed by atoms with van der Waals surface area (Å²) in [6.45, 7) is -0.428. The second-order valence-electron chi connectivity index (χ2n) is 4.62. The summed E-state index contributed by atoms with van der Waals surface area (Å²) in [5.74, 6) is -1.44. The molecule has 6 nitrogen and oxygen atoms in total. The Balaban J connectivity index is 1.68. The molecular formula is C14H10FN3O3S. The average Bonchev–Trinajstić information content (AvgIpc) is 2.94. The van der Waals surface area contributed by atoms with Crippen LogP contribution in [0.15, 0.2) is 40.7 Å². The van der Waals surface area contributed by atoms with Gasteiger partial charge in [0.15, 0.2) is 0 Å². The van der Waals surface area contributed by atoms with Gasteiger partial charge in [0.1, 0.15) is 17.6 Å². The fraction of sp³-hybridized carbons (Fsp3) is 0.143. The number of nitrogens with one attached hydrogen (secondary N) is 1. The van der Waals surface area contributed by atoms with Gasteiger partial charge in [-0.05, 0) is 35.7 Å². The van der Waals surface area contributed by atoms with Crippen molar-refractivity contribution in [2.75, 3.05) is 11.9 Å². The van der Waals surface area contributed by atoms with Gasteiger partial charge in [-0.2, -0.15) is 4.99 Å². The Labute approximate surface area is 129 Å². The minimum atomic E-state index is -0.752. The van der Waals surface area contributed by atoms with Crippen LogP contribution in [0.5, 0.6) is 0 Å². The van der Waals surface area contributed by atoms with Crippen molar-refractivity contribution in [3.05, 3.63) is 41.6 Å². The normalized spacial score (nSPS) is 20.0. The molecule has 22 heavy (non-hydrogen) atoms. The number of allylic oxidation sites excluding steroid dienone is 1. The number of anilines is 1. The van der Waals surface area contributed by atoms with Crippen LogP contribution < -0.4 is 5.32 Å². The first kappa shape index (κ1) is 14.5. The highest BCUT2D eigenvalue weighted by molar-refractivity contribution is 8.04. The van der Waals surface area contributed by atoms with Crippen molar-refractivity contribution >= 4 is 41.0 Å². The minimum absolute atomic E-state index is 0.379. The number of halogens is 1. The predicted octanol–water partition coefficient (Wildman–Crippen LogP) is 1.80. The van der Waals surface area contributed by atoms with Crippen molar-refractivity contribution in [1.29, 1.82) is 0 Å². The maximum Gasteiger partial charge on any atom is 0.351 e. The highest BCUT2D eigenvalue weighted by Gasteiger charge is 2.39. The lowest BCUT2D eigenvalue weighted by Crippen LogP contribution is -2.49. The molecule has 2 aliphatic heterocycles. The molecule has 2 aliphatic rings. The van der Waals surface area contributed by atoms with Gasteiger partial charge in [-0.1, -0.05) is 0 Å². The number of urea groups is 1. The van der Waals surface area contributed by atoms with Crippen molar-refractivity contribution in [3.8, 4) is 0 Å². The number of rotatable bonds is 3. The standard InChI is InChI=1S/C14H10FN3O3S/c15-8-1-3-9(4-2-8)16-11(19)7-18-13(20)12-10(5-6-22-12)17-14(18)21/h1-6,12H,7H2,(H,16,19). The smallest absolute Gasteiger partial charge is 0.325 e. The summed E-state index contributed by atoms with van der Waals surface area (Å²) in [7, 11) is 0. The Hall–Kier alpha value is -2.48. The van der Waals surface area contributed by atoms with E-state index >= 15 is 0 Å². The van der Waals surface area contributed by atoms with E-state index < -0.39 is 35.5 Å². The number of hydrogen-bond donors (Lipinski definition) is 1. The van der Waals surface area contributed by atoms with Crippen LogP contribution in [0.25, 0.3) is 0 Å².